The zero-order valence-electron chi connectivity index (χ0n) is 12.4. The first kappa shape index (κ1) is 15.5. The Balaban J connectivity index is 2.04. The molecule has 0 unspecified atom stereocenters. The Morgan fingerprint density at radius 1 is 1.10 bits per heavy atom. The van der Waals surface area contributed by atoms with Crippen LogP contribution in [0.1, 0.15) is 26.7 Å². The first-order chi connectivity index (χ1) is 9.59. The van der Waals surface area contributed by atoms with E-state index in [1.807, 2.05) is 6.07 Å². The van der Waals surface area contributed by atoms with E-state index >= 15 is 0 Å². The summed E-state index contributed by atoms with van der Waals surface area (Å²) in [5, 5.41) is 0. The van der Waals surface area contributed by atoms with E-state index < -0.39 is 10.0 Å². The third-order valence-corrected chi connectivity index (χ3v) is 6.22. The molecule has 112 valence electrons. The van der Waals surface area contributed by atoms with Crippen LogP contribution in [0.15, 0.2) is 35.2 Å². The highest BCUT2D eigenvalue weighted by Crippen LogP contribution is 2.14. The molecule has 0 amide bonds. The molecule has 1 heterocycles. The van der Waals surface area contributed by atoms with E-state index in [1.165, 1.54) is 0 Å². The summed E-state index contributed by atoms with van der Waals surface area (Å²) in [7, 11) is -3.30. The van der Waals surface area contributed by atoms with Gasteiger partial charge in [-0.1, -0.05) is 32.0 Å². The van der Waals surface area contributed by atoms with Gasteiger partial charge in [0.1, 0.15) is 0 Å². The molecular formula is C15H25N2O2S+. The molecule has 20 heavy (non-hydrogen) atoms. The van der Waals surface area contributed by atoms with Crippen LogP contribution in [0.2, 0.25) is 0 Å². The van der Waals surface area contributed by atoms with Gasteiger partial charge in [0.25, 0.3) is 0 Å². The number of benzene rings is 1. The summed E-state index contributed by atoms with van der Waals surface area (Å²) >= 11 is 0. The molecule has 0 radical (unpaired) electrons. The molecule has 0 spiro atoms. The molecule has 0 bridgehead atoms. The number of hydrogen-bond donors (Lipinski definition) is 1. The van der Waals surface area contributed by atoms with Gasteiger partial charge in [-0.15, -0.1) is 0 Å². The third kappa shape index (κ3) is 3.22. The topological polar surface area (TPSA) is 41.8 Å². The van der Waals surface area contributed by atoms with Gasteiger partial charge in [0.15, 0.2) is 0 Å². The van der Waals surface area contributed by atoms with Crippen molar-refractivity contribution in [3.8, 4) is 0 Å². The fourth-order valence-corrected chi connectivity index (χ4v) is 4.49. The highest BCUT2D eigenvalue weighted by Gasteiger charge is 2.32. The van der Waals surface area contributed by atoms with E-state index in [4.69, 9.17) is 0 Å². The van der Waals surface area contributed by atoms with Crippen LogP contribution >= 0.6 is 0 Å². The fourth-order valence-electron chi connectivity index (χ4n) is 3.03. The maximum atomic E-state index is 12.5. The molecular weight excluding hydrogens is 272 g/mol. The summed E-state index contributed by atoms with van der Waals surface area (Å²) in [6, 6.07) is 9.41. The molecule has 4 nitrogen and oxygen atoms in total. The molecule has 1 N–H and O–H groups in total. The molecule has 1 aliphatic rings. The van der Waals surface area contributed by atoms with Crippen LogP contribution < -0.4 is 4.90 Å². The van der Waals surface area contributed by atoms with Crippen LogP contribution in [0.3, 0.4) is 0 Å². The summed E-state index contributed by atoms with van der Waals surface area (Å²) < 4.78 is 26.7. The number of nitrogens with zero attached hydrogens (tertiary/aromatic N) is 1. The summed E-state index contributed by atoms with van der Waals surface area (Å²) in [5.74, 6) is 0. The van der Waals surface area contributed by atoms with Gasteiger partial charge in [-0.05, 0) is 25.0 Å². The summed E-state index contributed by atoms with van der Waals surface area (Å²) in [5.41, 5.74) is 0. The van der Waals surface area contributed by atoms with Crippen LogP contribution in [0, 0.1) is 0 Å². The Morgan fingerprint density at radius 2 is 1.65 bits per heavy atom. The highest BCUT2D eigenvalue weighted by atomic mass is 32.2. The third-order valence-electron chi connectivity index (χ3n) is 4.31. The average molecular weight is 297 g/mol. The number of nitrogens with one attached hydrogen (secondary N) is 1. The minimum atomic E-state index is -3.30. The molecule has 5 heteroatoms. The lowest BCUT2D eigenvalue weighted by atomic mass is 10.1. The van der Waals surface area contributed by atoms with Crippen LogP contribution in [0.25, 0.3) is 0 Å². The Labute approximate surface area is 122 Å². The molecule has 0 saturated carbocycles. The monoisotopic (exact) mass is 297 g/mol. The van der Waals surface area contributed by atoms with E-state index in [0.717, 1.165) is 25.9 Å². The molecule has 1 aliphatic heterocycles. The smallest absolute Gasteiger partial charge is 0.243 e. The summed E-state index contributed by atoms with van der Waals surface area (Å²) in [6.07, 6.45) is 2.33. The van der Waals surface area contributed by atoms with Gasteiger partial charge in [-0.2, -0.15) is 4.31 Å². The van der Waals surface area contributed by atoms with Gasteiger partial charge in [-0.3, -0.25) is 0 Å². The largest absolute Gasteiger partial charge is 0.330 e. The Hall–Kier alpha value is -0.910. The van der Waals surface area contributed by atoms with Gasteiger partial charge in [-0.25, -0.2) is 8.42 Å². The van der Waals surface area contributed by atoms with Crippen molar-refractivity contribution < 1.29 is 13.3 Å². The lowest BCUT2D eigenvalue weighted by molar-refractivity contribution is -0.929. The molecule has 0 atom stereocenters. The molecule has 1 aromatic carbocycles. The zero-order valence-corrected chi connectivity index (χ0v) is 13.2. The van der Waals surface area contributed by atoms with Gasteiger partial charge < -0.3 is 4.90 Å². The van der Waals surface area contributed by atoms with Crippen molar-refractivity contribution in [2.45, 2.75) is 37.6 Å². The first-order valence-corrected chi connectivity index (χ1v) is 8.93. The minimum Gasteiger partial charge on any atom is -0.330 e. The molecule has 0 aliphatic carbocycles. The second kappa shape index (κ2) is 6.70. The van der Waals surface area contributed by atoms with Gasteiger partial charge in [0.05, 0.1) is 37.1 Å². The highest BCUT2D eigenvalue weighted by molar-refractivity contribution is 7.89. The molecule has 1 fully saturated rings. The van der Waals surface area contributed by atoms with E-state index in [2.05, 4.69) is 13.8 Å². The standard InChI is InChI=1S/C15H24N2O2S/c1-3-14(4-2)16-10-12-17(13-11-16)20(18,19)15-8-6-5-7-9-15/h5-9,14H,3-4,10-13H2,1-2H3/p+1. The van der Waals surface area contributed by atoms with Gasteiger partial charge >= 0.3 is 0 Å². The predicted molar refractivity (Wildman–Crippen MR) is 80.3 cm³/mol. The maximum absolute atomic E-state index is 12.5. The Bertz CT molecular complexity index is 504. The molecule has 0 aromatic heterocycles. The molecule has 2 rings (SSSR count). The fraction of sp³-hybridized carbons (Fsp3) is 0.600. The van der Waals surface area contributed by atoms with Crippen LogP contribution in [-0.2, 0) is 10.0 Å². The normalized spacial score (nSPS) is 18.6. The quantitative estimate of drug-likeness (QED) is 0.872. The number of sulfonamides is 1. The SMILES string of the molecule is CCC(CC)[NH+]1CCN(S(=O)(=O)c2ccccc2)CC1. The number of rotatable bonds is 5. The lowest BCUT2D eigenvalue weighted by Crippen LogP contribution is -3.18. The second-order valence-corrected chi connectivity index (χ2v) is 7.33. The number of piperazine rings is 1. The van der Waals surface area contributed by atoms with Crippen molar-refractivity contribution in [2.24, 2.45) is 0 Å². The number of hydrogen-bond acceptors (Lipinski definition) is 2. The number of quaternary nitrogens is 1. The van der Waals surface area contributed by atoms with Gasteiger partial charge in [0.2, 0.25) is 10.0 Å². The van der Waals surface area contributed by atoms with Crippen molar-refractivity contribution in [3.05, 3.63) is 30.3 Å². The van der Waals surface area contributed by atoms with E-state index in [-0.39, 0.29) is 0 Å². The molecule has 1 saturated heterocycles. The maximum Gasteiger partial charge on any atom is 0.243 e. The van der Waals surface area contributed by atoms with Crippen molar-refractivity contribution in [2.75, 3.05) is 26.2 Å². The van der Waals surface area contributed by atoms with Crippen molar-refractivity contribution in [1.29, 1.82) is 0 Å². The predicted octanol–water partition coefficient (Wildman–Crippen LogP) is 0.764. The summed E-state index contributed by atoms with van der Waals surface area (Å²) in [4.78, 5) is 1.96. The molecule has 1 aromatic rings. The second-order valence-electron chi connectivity index (χ2n) is 5.39. The van der Waals surface area contributed by atoms with Crippen LogP contribution in [0.4, 0.5) is 0 Å². The van der Waals surface area contributed by atoms with E-state index in [0.29, 0.717) is 24.0 Å². The minimum absolute atomic E-state index is 0.408. The van der Waals surface area contributed by atoms with Crippen molar-refractivity contribution >= 4 is 10.0 Å². The van der Waals surface area contributed by atoms with Crippen LogP contribution in [0.5, 0.6) is 0 Å². The van der Waals surface area contributed by atoms with Crippen molar-refractivity contribution in [1.82, 2.24) is 4.31 Å². The Kier molecular flexibility index (Phi) is 5.18. The average Bonchev–Trinajstić information content (AvgIpc) is 2.50. The van der Waals surface area contributed by atoms with Crippen molar-refractivity contribution in [3.63, 3.8) is 0 Å². The Morgan fingerprint density at radius 3 is 2.15 bits per heavy atom. The zero-order chi connectivity index (χ0) is 14.6. The van der Waals surface area contributed by atoms with E-state index in [1.54, 1.807) is 33.5 Å². The first-order valence-electron chi connectivity index (χ1n) is 7.49. The summed E-state index contributed by atoms with van der Waals surface area (Å²) in [6.45, 7) is 7.52. The lowest BCUT2D eigenvalue weighted by Gasteiger charge is -2.35. The van der Waals surface area contributed by atoms with Gasteiger partial charge in [0, 0.05) is 0 Å². The van der Waals surface area contributed by atoms with E-state index in [9.17, 15) is 8.42 Å². The van der Waals surface area contributed by atoms with Crippen LogP contribution in [-0.4, -0.2) is 44.9 Å².